The van der Waals surface area contributed by atoms with Crippen LogP contribution in [0, 0.1) is 5.82 Å². The molecular formula is C18H16FN5S. The highest BCUT2D eigenvalue weighted by Gasteiger charge is 2.23. The summed E-state index contributed by atoms with van der Waals surface area (Å²) in [6.07, 6.45) is 5.49. The van der Waals surface area contributed by atoms with Gasteiger partial charge < -0.3 is 4.57 Å². The maximum Gasteiger partial charge on any atom is 0.187 e. The molecule has 3 aromatic rings. The van der Waals surface area contributed by atoms with Crippen LogP contribution in [0.1, 0.15) is 12.7 Å². The Morgan fingerprint density at radius 3 is 2.72 bits per heavy atom. The SMILES string of the molecule is CSc1nccc(-c2c(-c3ccc(F)cc3)nc3n2CC(C)N=C3)n1. The maximum atomic E-state index is 13.3. The van der Waals surface area contributed by atoms with Gasteiger partial charge in [0.05, 0.1) is 29.3 Å². The van der Waals surface area contributed by atoms with Gasteiger partial charge in [-0.05, 0) is 43.5 Å². The molecule has 0 N–H and O–H groups in total. The van der Waals surface area contributed by atoms with Gasteiger partial charge in [0.15, 0.2) is 11.0 Å². The zero-order chi connectivity index (χ0) is 17.4. The van der Waals surface area contributed by atoms with Crippen molar-refractivity contribution < 1.29 is 4.39 Å². The van der Waals surface area contributed by atoms with Gasteiger partial charge in [-0.15, -0.1) is 0 Å². The van der Waals surface area contributed by atoms with Crippen LogP contribution in [0.25, 0.3) is 22.6 Å². The number of imidazole rings is 1. The molecule has 0 fully saturated rings. The van der Waals surface area contributed by atoms with Crippen LogP contribution >= 0.6 is 11.8 Å². The molecule has 0 radical (unpaired) electrons. The largest absolute Gasteiger partial charge is 0.319 e. The van der Waals surface area contributed by atoms with E-state index in [1.807, 2.05) is 12.3 Å². The number of hydrogen-bond donors (Lipinski definition) is 0. The molecule has 0 amide bonds. The molecule has 0 saturated heterocycles. The summed E-state index contributed by atoms with van der Waals surface area (Å²) in [6, 6.07) is 8.42. The molecular weight excluding hydrogens is 337 g/mol. The summed E-state index contributed by atoms with van der Waals surface area (Å²) in [5, 5.41) is 0.704. The first-order valence-corrected chi connectivity index (χ1v) is 9.15. The molecule has 1 aliphatic heterocycles. The smallest absolute Gasteiger partial charge is 0.187 e. The number of aliphatic imine (C=N–C) groups is 1. The van der Waals surface area contributed by atoms with Crippen LogP contribution in [0.5, 0.6) is 0 Å². The zero-order valence-corrected chi connectivity index (χ0v) is 14.7. The van der Waals surface area contributed by atoms with Crippen molar-refractivity contribution in [3.05, 3.63) is 48.2 Å². The Morgan fingerprint density at radius 1 is 1.16 bits per heavy atom. The first-order valence-electron chi connectivity index (χ1n) is 7.93. The van der Waals surface area contributed by atoms with Crippen molar-refractivity contribution in [1.82, 2.24) is 19.5 Å². The number of fused-ring (bicyclic) bond motifs is 1. The number of rotatable bonds is 3. The number of benzene rings is 1. The summed E-state index contributed by atoms with van der Waals surface area (Å²) in [5.41, 5.74) is 3.35. The summed E-state index contributed by atoms with van der Waals surface area (Å²) >= 11 is 1.49. The molecule has 0 aliphatic carbocycles. The van der Waals surface area contributed by atoms with Crippen LogP contribution in [0.15, 0.2) is 46.7 Å². The Balaban J connectivity index is 1.95. The molecule has 2 aromatic heterocycles. The standard InChI is InChI=1S/C18H16FN5S/c1-11-10-24-15(9-21-11)23-16(12-3-5-13(19)6-4-12)17(24)14-7-8-20-18(22-14)25-2/h3-9,11H,10H2,1-2H3. The van der Waals surface area contributed by atoms with Gasteiger partial charge in [0.2, 0.25) is 0 Å². The third kappa shape index (κ3) is 2.95. The van der Waals surface area contributed by atoms with Gasteiger partial charge in [-0.1, -0.05) is 11.8 Å². The minimum atomic E-state index is -0.267. The van der Waals surface area contributed by atoms with E-state index in [4.69, 9.17) is 4.98 Å². The molecule has 3 heterocycles. The zero-order valence-electron chi connectivity index (χ0n) is 13.8. The molecule has 0 bridgehead atoms. The van der Waals surface area contributed by atoms with E-state index in [0.717, 1.165) is 35.0 Å². The Labute approximate surface area is 149 Å². The fourth-order valence-electron chi connectivity index (χ4n) is 2.90. The first-order chi connectivity index (χ1) is 12.2. The number of thioether (sulfide) groups is 1. The van der Waals surface area contributed by atoms with Crippen molar-refractivity contribution in [2.24, 2.45) is 4.99 Å². The Hall–Kier alpha value is -2.54. The molecule has 1 aliphatic rings. The van der Waals surface area contributed by atoms with Crippen molar-refractivity contribution in [1.29, 1.82) is 0 Å². The summed E-state index contributed by atoms with van der Waals surface area (Å²) in [7, 11) is 0. The number of nitrogens with zero attached hydrogens (tertiary/aromatic N) is 5. The number of hydrogen-bond acceptors (Lipinski definition) is 5. The van der Waals surface area contributed by atoms with Gasteiger partial charge in [0.25, 0.3) is 0 Å². The van der Waals surface area contributed by atoms with E-state index >= 15 is 0 Å². The van der Waals surface area contributed by atoms with E-state index in [1.165, 1.54) is 23.9 Å². The van der Waals surface area contributed by atoms with Gasteiger partial charge >= 0.3 is 0 Å². The molecule has 0 spiro atoms. The Bertz CT molecular complexity index is 949. The second kappa shape index (κ2) is 6.40. The second-order valence-electron chi connectivity index (χ2n) is 5.84. The van der Waals surface area contributed by atoms with Gasteiger partial charge in [0.1, 0.15) is 5.82 Å². The van der Waals surface area contributed by atoms with Gasteiger partial charge in [-0.25, -0.2) is 19.3 Å². The normalized spacial score (nSPS) is 16.0. The van der Waals surface area contributed by atoms with Crippen molar-refractivity contribution in [3.63, 3.8) is 0 Å². The monoisotopic (exact) mass is 353 g/mol. The predicted octanol–water partition coefficient (Wildman–Crippen LogP) is 3.69. The average molecular weight is 353 g/mol. The van der Waals surface area contributed by atoms with Crippen LogP contribution < -0.4 is 0 Å². The third-order valence-electron chi connectivity index (χ3n) is 4.06. The molecule has 126 valence electrons. The summed E-state index contributed by atoms with van der Waals surface area (Å²) in [6.45, 7) is 2.79. The van der Waals surface area contributed by atoms with Crippen LogP contribution in [0.2, 0.25) is 0 Å². The Kier molecular flexibility index (Phi) is 4.09. The van der Waals surface area contributed by atoms with E-state index in [2.05, 4.69) is 26.5 Å². The average Bonchev–Trinajstić information content (AvgIpc) is 3.01. The van der Waals surface area contributed by atoms with E-state index in [9.17, 15) is 4.39 Å². The Morgan fingerprint density at radius 2 is 1.96 bits per heavy atom. The van der Waals surface area contributed by atoms with Crippen molar-refractivity contribution >= 4 is 18.0 Å². The molecule has 4 rings (SSSR count). The highest BCUT2D eigenvalue weighted by Crippen LogP contribution is 2.33. The van der Waals surface area contributed by atoms with E-state index in [1.54, 1.807) is 24.5 Å². The molecule has 7 heteroatoms. The molecule has 5 nitrogen and oxygen atoms in total. The molecule has 1 unspecified atom stereocenters. The van der Waals surface area contributed by atoms with Crippen LogP contribution in [0.4, 0.5) is 4.39 Å². The van der Waals surface area contributed by atoms with Crippen molar-refractivity contribution in [2.75, 3.05) is 6.26 Å². The predicted molar refractivity (Wildman–Crippen MR) is 97.5 cm³/mol. The minimum absolute atomic E-state index is 0.170. The minimum Gasteiger partial charge on any atom is -0.319 e. The second-order valence-corrected chi connectivity index (χ2v) is 6.61. The quantitative estimate of drug-likeness (QED) is 0.532. The summed E-state index contributed by atoms with van der Waals surface area (Å²) in [4.78, 5) is 18.1. The summed E-state index contributed by atoms with van der Waals surface area (Å²) < 4.78 is 15.5. The molecule has 1 aromatic carbocycles. The maximum absolute atomic E-state index is 13.3. The molecule has 25 heavy (non-hydrogen) atoms. The van der Waals surface area contributed by atoms with Crippen LogP contribution in [-0.2, 0) is 6.54 Å². The van der Waals surface area contributed by atoms with E-state index in [-0.39, 0.29) is 11.9 Å². The number of halogens is 1. The highest BCUT2D eigenvalue weighted by molar-refractivity contribution is 7.98. The highest BCUT2D eigenvalue weighted by atomic mass is 32.2. The topological polar surface area (TPSA) is 56.0 Å². The third-order valence-corrected chi connectivity index (χ3v) is 4.63. The van der Waals surface area contributed by atoms with Gasteiger partial charge in [-0.2, -0.15) is 0 Å². The number of aromatic nitrogens is 4. The lowest BCUT2D eigenvalue weighted by Crippen LogP contribution is -2.19. The van der Waals surface area contributed by atoms with E-state index < -0.39 is 0 Å². The van der Waals surface area contributed by atoms with Gasteiger partial charge in [-0.3, -0.25) is 4.99 Å². The van der Waals surface area contributed by atoms with Gasteiger partial charge in [0, 0.05) is 18.3 Å². The fraction of sp³-hybridized carbons (Fsp3) is 0.222. The summed E-state index contributed by atoms with van der Waals surface area (Å²) in [5.74, 6) is 0.521. The van der Waals surface area contributed by atoms with Crippen molar-refractivity contribution in [2.45, 2.75) is 24.7 Å². The first kappa shape index (κ1) is 16.0. The molecule has 1 atom stereocenters. The molecule has 0 saturated carbocycles. The van der Waals surface area contributed by atoms with Crippen LogP contribution in [0.3, 0.4) is 0 Å². The van der Waals surface area contributed by atoms with Crippen molar-refractivity contribution in [3.8, 4) is 22.6 Å². The lowest BCUT2D eigenvalue weighted by molar-refractivity contribution is 0.578. The van der Waals surface area contributed by atoms with E-state index in [0.29, 0.717) is 5.16 Å². The lowest BCUT2D eigenvalue weighted by Gasteiger charge is -2.17. The fourth-order valence-corrected chi connectivity index (χ4v) is 3.25. The van der Waals surface area contributed by atoms with Crippen LogP contribution in [-0.4, -0.2) is 38.0 Å². The lowest BCUT2D eigenvalue weighted by atomic mass is 10.1.